The Hall–Kier alpha value is -1.57. The molecule has 4 fully saturated rings. The van der Waals surface area contributed by atoms with Crippen molar-refractivity contribution in [3.8, 4) is 5.75 Å². The van der Waals surface area contributed by atoms with Gasteiger partial charge in [0.1, 0.15) is 11.6 Å². The van der Waals surface area contributed by atoms with E-state index in [0.29, 0.717) is 12.5 Å². The minimum absolute atomic E-state index is 0.00569. The fourth-order valence-electron chi connectivity index (χ4n) is 4.68. The molecule has 29 heavy (non-hydrogen) atoms. The first-order chi connectivity index (χ1) is 13.8. The molecule has 3 atom stereocenters. The van der Waals surface area contributed by atoms with E-state index in [4.69, 9.17) is 27.9 Å². The predicted octanol–water partition coefficient (Wildman–Crippen LogP) is 2.37. The number of benzene rings is 1. The van der Waals surface area contributed by atoms with Crippen molar-refractivity contribution in [2.45, 2.75) is 55.1 Å². The molecule has 158 valence electrons. The van der Waals surface area contributed by atoms with Gasteiger partial charge in [-0.05, 0) is 50.2 Å². The first-order valence-electron chi connectivity index (χ1n) is 9.90. The lowest BCUT2D eigenvalue weighted by molar-refractivity contribution is -0.126. The fraction of sp³-hybridized carbons (Fsp3) is 0.600. The van der Waals surface area contributed by atoms with Gasteiger partial charge in [-0.25, -0.2) is 4.39 Å². The van der Waals surface area contributed by atoms with Crippen LogP contribution in [0.25, 0.3) is 0 Å². The summed E-state index contributed by atoms with van der Waals surface area (Å²) in [6.07, 6.45) is 3.98. The largest absolute Gasteiger partial charge is 0.484 e. The van der Waals surface area contributed by atoms with Crippen LogP contribution in [0.5, 0.6) is 5.75 Å². The number of piperidine rings is 1. The molecule has 6 nitrogen and oxygen atoms in total. The SMILES string of the molecule is O=C(COc1ccc(Cl)c(F)c1)NC12CC(C1)C(NC(=O)C1CCC(Cl)CN1)C2. The number of fused-ring (bicyclic) bond motifs is 1. The highest BCUT2D eigenvalue weighted by molar-refractivity contribution is 6.30. The van der Waals surface area contributed by atoms with E-state index < -0.39 is 5.82 Å². The van der Waals surface area contributed by atoms with Crippen molar-refractivity contribution in [3.63, 3.8) is 0 Å². The summed E-state index contributed by atoms with van der Waals surface area (Å²) in [6.45, 7) is 0.446. The monoisotopic (exact) mass is 443 g/mol. The standard InChI is InChI=1S/C20H24Cl2FN3O3/c21-12-1-4-16(24-9-12)19(28)25-17-8-20(6-11(17)7-20)26-18(27)10-29-13-2-3-14(22)15(23)5-13/h2-3,5,11-12,16-17,24H,1,4,6-10H2,(H,25,28)(H,26,27). The fourth-order valence-corrected chi connectivity index (χ4v) is 5.01. The molecule has 3 N–H and O–H groups in total. The Bertz CT molecular complexity index is 795. The van der Waals surface area contributed by atoms with Gasteiger partial charge in [0.05, 0.1) is 11.1 Å². The second-order valence-corrected chi connectivity index (χ2v) is 9.34. The van der Waals surface area contributed by atoms with Crippen LogP contribution in [0.3, 0.4) is 0 Å². The zero-order chi connectivity index (χ0) is 20.6. The summed E-state index contributed by atoms with van der Waals surface area (Å²) in [4.78, 5) is 24.8. The number of carbonyl (C=O) groups is 2. The quantitative estimate of drug-likeness (QED) is 0.589. The van der Waals surface area contributed by atoms with Crippen LogP contribution in [-0.4, -0.2) is 48.0 Å². The van der Waals surface area contributed by atoms with E-state index in [1.165, 1.54) is 12.1 Å². The molecule has 3 unspecified atom stereocenters. The van der Waals surface area contributed by atoms with Gasteiger partial charge in [-0.3, -0.25) is 9.59 Å². The third-order valence-electron chi connectivity index (χ3n) is 6.15. The summed E-state index contributed by atoms with van der Waals surface area (Å²) >= 11 is 11.7. The molecule has 4 aliphatic rings. The van der Waals surface area contributed by atoms with E-state index in [-0.39, 0.29) is 52.2 Å². The number of nitrogens with one attached hydrogen (secondary N) is 3. The van der Waals surface area contributed by atoms with Crippen molar-refractivity contribution in [2.24, 2.45) is 5.92 Å². The lowest BCUT2D eigenvalue weighted by atomic mass is 9.76. The van der Waals surface area contributed by atoms with Gasteiger partial charge < -0.3 is 20.7 Å². The molecular weight excluding hydrogens is 420 g/mol. The molecule has 3 saturated carbocycles. The Morgan fingerprint density at radius 1 is 1.28 bits per heavy atom. The average Bonchev–Trinajstić information content (AvgIpc) is 3.16. The van der Waals surface area contributed by atoms with Gasteiger partial charge in [0.2, 0.25) is 5.91 Å². The lowest BCUT2D eigenvalue weighted by Gasteiger charge is -2.39. The number of hydrogen-bond donors (Lipinski definition) is 3. The molecule has 9 heteroatoms. The van der Waals surface area contributed by atoms with E-state index in [2.05, 4.69) is 16.0 Å². The van der Waals surface area contributed by atoms with E-state index >= 15 is 0 Å². The molecule has 2 amide bonds. The summed E-state index contributed by atoms with van der Waals surface area (Å²) in [5.74, 6) is -0.196. The van der Waals surface area contributed by atoms with Gasteiger partial charge in [0.25, 0.3) is 5.91 Å². The molecule has 0 aromatic heterocycles. The van der Waals surface area contributed by atoms with Crippen LogP contribution in [-0.2, 0) is 9.59 Å². The number of rotatable bonds is 6. The van der Waals surface area contributed by atoms with E-state index in [0.717, 1.165) is 38.2 Å². The highest BCUT2D eigenvalue weighted by atomic mass is 35.5. The van der Waals surface area contributed by atoms with Crippen LogP contribution in [0, 0.1) is 11.7 Å². The third-order valence-corrected chi connectivity index (χ3v) is 6.83. The third kappa shape index (κ3) is 4.62. The topological polar surface area (TPSA) is 79.5 Å². The predicted molar refractivity (Wildman–Crippen MR) is 108 cm³/mol. The Morgan fingerprint density at radius 3 is 2.76 bits per heavy atom. The molecule has 3 aliphatic carbocycles. The minimum Gasteiger partial charge on any atom is -0.484 e. The number of alkyl halides is 1. The van der Waals surface area contributed by atoms with Gasteiger partial charge in [-0.2, -0.15) is 0 Å². The first-order valence-corrected chi connectivity index (χ1v) is 10.7. The average molecular weight is 444 g/mol. The molecule has 1 saturated heterocycles. The van der Waals surface area contributed by atoms with Crippen LogP contribution in [0.1, 0.15) is 32.1 Å². The molecule has 0 spiro atoms. The molecule has 1 aromatic rings. The summed E-state index contributed by atoms with van der Waals surface area (Å²) in [7, 11) is 0. The van der Waals surface area contributed by atoms with E-state index in [1.807, 2.05) is 0 Å². The van der Waals surface area contributed by atoms with Crippen LogP contribution in [0.4, 0.5) is 4.39 Å². The molecule has 1 aromatic carbocycles. The summed E-state index contributed by atoms with van der Waals surface area (Å²) in [5, 5.41) is 9.46. The zero-order valence-corrected chi connectivity index (χ0v) is 17.4. The highest BCUT2D eigenvalue weighted by Gasteiger charge is 2.57. The molecule has 0 radical (unpaired) electrons. The number of ether oxygens (including phenoxy) is 1. The van der Waals surface area contributed by atoms with Crippen molar-refractivity contribution in [2.75, 3.05) is 13.2 Å². The van der Waals surface area contributed by atoms with Gasteiger partial charge >= 0.3 is 0 Å². The normalized spacial score (nSPS) is 32.9. The van der Waals surface area contributed by atoms with Crippen LogP contribution < -0.4 is 20.7 Å². The van der Waals surface area contributed by atoms with Crippen LogP contribution in [0.2, 0.25) is 5.02 Å². The highest BCUT2D eigenvalue weighted by Crippen LogP contribution is 2.52. The first kappa shape index (κ1) is 20.7. The maximum Gasteiger partial charge on any atom is 0.258 e. The van der Waals surface area contributed by atoms with Gasteiger partial charge in [-0.15, -0.1) is 11.6 Å². The smallest absolute Gasteiger partial charge is 0.258 e. The van der Waals surface area contributed by atoms with E-state index in [9.17, 15) is 14.0 Å². The molecule has 5 rings (SSSR count). The maximum absolute atomic E-state index is 13.4. The zero-order valence-electron chi connectivity index (χ0n) is 15.8. The van der Waals surface area contributed by atoms with Crippen molar-refractivity contribution in [1.82, 2.24) is 16.0 Å². The molecule has 2 bridgehead atoms. The second-order valence-electron chi connectivity index (χ2n) is 8.32. The Morgan fingerprint density at radius 2 is 2.07 bits per heavy atom. The van der Waals surface area contributed by atoms with Crippen LogP contribution in [0.15, 0.2) is 18.2 Å². The number of amides is 2. The van der Waals surface area contributed by atoms with Gasteiger partial charge in [0, 0.05) is 29.6 Å². The number of halogens is 3. The van der Waals surface area contributed by atoms with Crippen LogP contribution >= 0.6 is 23.2 Å². The van der Waals surface area contributed by atoms with Crippen molar-refractivity contribution < 1.29 is 18.7 Å². The number of carbonyl (C=O) groups excluding carboxylic acids is 2. The second kappa shape index (κ2) is 8.28. The summed E-state index contributed by atoms with van der Waals surface area (Å²) in [5.41, 5.74) is -0.282. The lowest BCUT2D eigenvalue weighted by Crippen LogP contribution is -2.53. The molecule has 1 aliphatic heterocycles. The molecule has 1 heterocycles. The Balaban J connectivity index is 1.23. The Labute approximate surface area is 178 Å². The summed E-state index contributed by atoms with van der Waals surface area (Å²) < 4.78 is 18.8. The van der Waals surface area contributed by atoms with Crippen molar-refractivity contribution >= 4 is 35.0 Å². The maximum atomic E-state index is 13.4. The summed E-state index contributed by atoms with van der Waals surface area (Å²) in [6, 6.07) is 3.94. The molecular formula is C20H24Cl2FN3O3. The van der Waals surface area contributed by atoms with Gasteiger partial charge in [0.15, 0.2) is 6.61 Å². The van der Waals surface area contributed by atoms with E-state index in [1.54, 1.807) is 0 Å². The Kier molecular flexibility index (Phi) is 5.91. The number of hydrogen-bond acceptors (Lipinski definition) is 4. The minimum atomic E-state index is -0.589. The van der Waals surface area contributed by atoms with Crippen molar-refractivity contribution in [1.29, 1.82) is 0 Å². The van der Waals surface area contributed by atoms with Gasteiger partial charge in [-0.1, -0.05) is 11.6 Å². The van der Waals surface area contributed by atoms with Crippen molar-refractivity contribution in [3.05, 3.63) is 29.0 Å².